The van der Waals surface area contributed by atoms with E-state index in [1.165, 1.54) is 0 Å². The van der Waals surface area contributed by atoms with Crippen molar-refractivity contribution in [2.45, 2.75) is 6.42 Å². The van der Waals surface area contributed by atoms with Crippen LogP contribution in [0, 0.1) is 0 Å². The Kier molecular flexibility index (Phi) is 6.11. The lowest BCUT2D eigenvalue weighted by Gasteiger charge is -2.11. The third kappa shape index (κ3) is 5.94. The first-order valence-electron chi connectivity index (χ1n) is 5.62. The molecule has 0 aliphatic rings. The van der Waals surface area contributed by atoms with Crippen LogP contribution in [-0.4, -0.2) is 37.2 Å². The monoisotopic (exact) mass is 291 g/mol. The molecule has 108 valence electrons. The molecular formula is C11H18NO6P. The molecule has 0 heterocycles. The second kappa shape index (κ2) is 7.35. The SMILES string of the molecule is COc1ccc(NCCCOP(=O)(O)O)cc1OC. The minimum Gasteiger partial charge on any atom is -0.493 e. The van der Waals surface area contributed by atoms with Crippen molar-refractivity contribution in [2.75, 3.05) is 32.7 Å². The molecular weight excluding hydrogens is 273 g/mol. The first kappa shape index (κ1) is 15.8. The Morgan fingerprint density at radius 2 is 1.89 bits per heavy atom. The summed E-state index contributed by atoms with van der Waals surface area (Å²) in [6.07, 6.45) is 0.472. The molecule has 8 heteroatoms. The molecule has 1 rings (SSSR count). The highest BCUT2D eigenvalue weighted by Crippen LogP contribution is 2.35. The fourth-order valence-electron chi connectivity index (χ4n) is 1.43. The molecule has 0 spiro atoms. The van der Waals surface area contributed by atoms with Gasteiger partial charge in [-0.2, -0.15) is 0 Å². The van der Waals surface area contributed by atoms with Crippen molar-refractivity contribution < 1.29 is 28.3 Å². The largest absolute Gasteiger partial charge is 0.493 e. The number of anilines is 1. The third-order valence-corrected chi connectivity index (χ3v) is 2.81. The highest BCUT2D eigenvalue weighted by atomic mass is 31.2. The minimum atomic E-state index is -4.37. The van der Waals surface area contributed by atoms with Crippen LogP contribution in [0.3, 0.4) is 0 Å². The third-order valence-electron chi connectivity index (χ3n) is 2.29. The van der Waals surface area contributed by atoms with Gasteiger partial charge in [-0.05, 0) is 18.6 Å². The zero-order valence-corrected chi connectivity index (χ0v) is 11.7. The lowest BCUT2D eigenvalue weighted by Crippen LogP contribution is -2.05. The highest BCUT2D eigenvalue weighted by Gasteiger charge is 2.12. The van der Waals surface area contributed by atoms with Gasteiger partial charge in [0.05, 0.1) is 20.8 Å². The van der Waals surface area contributed by atoms with Crippen LogP contribution >= 0.6 is 7.82 Å². The standard InChI is InChI=1S/C11H18NO6P/c1-16-10-5-4-9(8-11(10)17-2)12-6-3-7-18-19(13,14)15/h4-5,8,12H,3,6-7H2,1-2H3,(H2,13,14,15). The molecule has 3 N–H and O–H groups in total. The van der Waals surface area contributed by atoms with E-state index in [9.17, 15) is 4.57 Å². The molecule has 0 saturated heterocycles. The number of nitrogens with one attached hydrogen (secondary N) is 1. The van der Waals surface area contributed by atoms with E-state index in [2.05, 4.69) is 9.84 Å². The molecule has 0 amide bonds. The van der Waals surface area contributed by atoms with Crippen LogP contribution < -0.4 is 14.8 Å². The summed E-state index contributed by atoms with van der Waals surface area (Å²) in [5.74, 6) is 1.25. The summed E-state index contributed by atoms with van der Waals surface area (Å²) in [7, 11) is -1.25. The van der Waals surface area contributed by atoms with Gasteiger partial charge >= 0.3 is 7.82 Å². The van der Waals surface area contributed by atoms with Gasteiger partial charge in [-0.1, -0.05) is 0 Å². The molecule has 1 aromatic rings. The Bertz CT molecular complexity index is 447. The smallest absolute Gasteiger partial charge is 0.469 e. The molecule has 0 aliphatic carbocycles. The van der Waals surface area contributed by atoms with E-state index >= 15 is 0 Å². The van der Waals surface area contributed by atoms with Gasteiger partial charge in [-0.3, -0.25) is 4.52 Å². The number of hydrogen-bond donors (Lipinski definition) is 3. The Morgan fingerprint density at radius 1 is 1.21 bits per heavy atom. The van der Waals surface area contributed by atoms with Crippen molar-refractivity contribution in [3.63, 3.8) is 0 Å². The predicted molar refractivity (Wildman–Crippen MR) is 70.6 cm³/mol. The molecule has 0 unspecified atom stereocenters. The Morgan fingerprint density at radius 3 is 2.47 bits per heavy atom. The summed E-state index contributed by atoms with van der Waals surface area (Å²) in [5, 5.41) is 3.09. The maximum atomic E-state index is 10.4. The zero-order chi connectivity index (χ0) is 14.3. The van der Waals surface area contributed by atoms with Crippen molar-refractivity contribution >= 4 is 13.5 Å². The van der Waals surface area contributed by atoms with Crippen molar-refractivity contribution in [3.8, 4) is 11.5 Å². The van der Waals surface area contributed by atoms with Crippen molar-refractivity contribution in [1.29, 1.82) is 0 Å². The Labute approximate surface area is 111 Å². The first-order valence-corrected chi connectivity index (χ1v) is 7.15. The summed E-state index contributed by atoms with van der Waals surface area (Å²) in [6.45, 7) is 0.514. The van der Waals surface area contributed by atoms with Crippen molar-refractivity contribution in [1.82, 2.24) is 0 Å². The highest BCUT2D eigenvalue weighted by molar-refractivity contribution is 7.46. The normalized spacial score (nSPS) is 11.2. The van der Waals surface area contributed by atoms with Crippen LogP contribution in [0.5, 0.6) is 11.5 Å². The number of ether oxygens (including phenoxy) is 2. The molecule has 0 fully saturated rings. The van der Waals surface area contributed by atoms with E-state index in [1.54, 1.807) is 26.4 Å². The van der Waals surface area contributed by atoms with Crippen LogP contribution in [0.25, 0.3) is 0 Å². The molecule has 1 aromatic carbocycles. The summed E-state index contributed by atoms with van der Waals surface area (Å²) >= 11 is 0. The summed E-state index contributed by atoms with van der Waals surface area (Å²) < 4.78 is 25.0. The molecule has 0 aliphatic heterocycles. The van der Waals surface area contributed by atoms with Gasteiger partial charge in [0.15, 0.2) is 11.5 Å². The van der Waals surface area contributed by atoms with Crippen LogP contribution in [0.4, 0.5) is 5.69 Å². The molecule has 0 atom stereocenters. The van der Waals surface area contributed by atoms with Gasteiger partial charge in [-0.25, -0.2) is 4.57 Å². The number of phosphoric ester groups is 1. The van der Waals surface area contributed by atoms with E-state index in [4.69, 9.17) is 19.3 Å². The van der Waals surface area contributed by atoms with Crippen molar-refractivity contribution in [3.05, 3.63) is 18.2 Å². The lowest BCUT2D eigenvalue weighted by atomic mass is 10.2. The number of rotatable bonds is 8. The van der Waals surface area contributed by atoms with Gasteiger partial charge < -0.3 is 24.6 Å². The van der Waals surface area contributed by atoms with Gasteiger partial charge in [0.25, 0.3) is 0 Å². The summed E-state index contributed by atoms with van der Waals surface area (Å²) in [5.41, 5.74) is 0.828. The van der Waals surface area contributed by atoms with E-state index < -0.39 is 7.82 Å². The fraction of sp³-hybridized carbons (Fsp3) is 0.455. The van der Waals surface area contributed by atoms with E-state index in [-0.39, 0.29) is 6.61 Å². The second-order valence-electron chi connectivity index (χ2n) is 3.67. The maximum Gasteiger partial charge on any atom is 0.469 e. The predicted octanol–water partition coefficient (Wildman–Crippen LogP) is 1.62. The minimum absolute atomic E-state index is 0.00936. The lowest BCUT2D eigenvalue weighted by molar-refractivity contribution is 0.196. The Hall–Kier alpha value is -1.27. The van der Waals surface area contributed by atoms with E-state index in [1.807, 2.05) is 6.07 Å². The molecule has 19 heavy (non-hydrogen) atoms. The summed E-state index contributed by atoms with van der Waals surface area (Å²) in [4.78, 5) is 17.0. The van der Waals surface area contributed by atoms with Crippen molar-refractivity contribution in [2.24, 2.45) is 0 Å². The van der Waals surface area contributed by atoms with Gasteiger partial charge in [-0.15, -0.1) is 0 Å². The average molecular weight is 291 g/mol. The zero-order valence-electron chi connectivity index (χ0n) is 10.8. The van der Waals surface area contributed by atoms with Crippen LogP contribution in [0.2, 0.25) is 0 Å². The number of hydrogen-bond acceptors (Lipinski definition) is 5. The number of benzene rings is 1. The van der Waals surface area contributed by atoms with E-state index in [0.717, 1.165) is 5.69 Å². The fourth-order valence-corrected chi connectivity index (χ4v) is 1.80. The molecule has 7 nitrogen and oxygen atoms in total. The summed E-state index contributed by atoms with van der Waals surface area (Å²) in [6, 6.07) is 5.38. The van der Waals surface area contributed by atoms with Crippen LogP contribution in [0.15, 0.2) is 18.2 Å². The topological polar surface area (TPSA) is 97.3 Å². The van der Waals surface area contributed by atoms with Crippen LogP contribution in [-0.2, 0) is 9.09 Å². The van der Waals surface area contributed by atoms with Gasteiger partial charge in [0.2, 0.25) is 0 Å². The Balaban J connectivity index is 2.39. The quantitative estimate of drug-likeness (QED) is 0.494. The molecule has 0 radical (unpaired) electrons. The maximum absolute atomic E-state index is 10.4. The molecule has 0 saturated carbocycles. The molecule has 0 aromatic heterocycles. The second-order valence-corrected chi connectivity index (χ2v) is 4.91. The van der Waals surface area contributed by atoms with Gasteiger partial charge in [0, 0.05) is 18.3 Å². The number of methoxy groups -OCH3 is 2. The van der Waals surface area contributed by atoms with Gasteiger partial charge in [0.1, 0.15) is 0 Å². The molecule has 0 bridgehead atoms. The van der Waals surface area contributed by atoms with Crippen LogP contribution in [0.1, 0.15) is 6.42 Å². The first-order chi connectivity index (χ1) is 8.96. The van der Waals surface area contributed by atoms with E-state index in [0.29, 0.717) is 24.5 Å². The number of phosphoric acid groups is 1. The average Bonchev–Trinajstić information content (AvgIpc) is 2.36.